The van der Waals surface area contributed by atoms with Gasteiger partial charge in [-0.25, -0.2) is 4.98 Å². The minimum Gasteiger partial charge on any atom is -0.283 e. The molecule has 3 nitrogen and oxygen atoms in total. The number of fused-ring (bicyclic) bond motifs is 3. The molecule has 4 rings (SSSR count). The van der Waals surface area contributed by atoms with E-state index in [4.69, 9.17) is 4.98 Å². The van der Waals surface area contributed by atoms with E-state index in [0.717, 1.165) is 52.4 Å². The minimum absolute atomic E-state index is 0.146. The van der Waals surface area contributed by atoms with E-state index in [1.807, 2.05) is 22.8 Å². The van der Waals surface area contributed by atoms with Crippen LogP contribution in [0.2, 0.25) is 0 Å². The highest BCUT2D eigenvalue weighted by atomic mass is 32.2. The van der Waals surface area contributed by atoms with Crippen LogP contribution in [0.1, 0.15) is 63.5 Å². The monoisotopic (exact) mass is 454 g/mol. The molecule has 166 valence electrons. The lowest BCUT2D eigenvalue weighted by Gasteiger charge is -2.33. The SMILES string of the molecule is CC(C)CCSc1nc2sc3c(c2c(=O)n1Cc1ccccc1)CC[C@@H](C(C)(C)C)C3. The number of aromatic nitrogens is 2. The molecule has 0 saturated heterocycles. The highest BCUT2D eigenvalue weighted by Gasteiger charge is 2.32. The van der Waals surface area contributed by atoms with Gasteiger partial charge in [0, 0.05) is 10.6 Å². The van der Waals surface area contributed by atoms with Crippen LogP contribution in [0.15, 0.2) is 40.3 Å². The van der Waals surface area contributed by atoms with Crippen molar-refractivity contribution in [3.8, 4) is 0 Å². The van der Waals surface area contributed by atoms with Gasteiger partial charge in [0.1, 0.15) is 4.83 Å². The van der Waals surface area contributed by atoms with Gasteiger partial charge in [-0.05, 0) is 54.1 Å². The normalized spacial score (nSPS) is 16.8. The molecule has 0 saturated carbocycles. The number of hydrogen-bond acceptors (Lipinski definition) is 4. The summed E-state index contributed by atoms with van der Waals surface area (Å²) in [6, 6.07) is 10.3. The second-order valence-corrected chi connectivity index (χ2v) is 12.4. The molecular formula is C26H34N2OS2. The van der Waals surface area contributed by atoms with E-state index < -0.39 is 0 Å². The Labute approximate surface area is 194 Å². The van der Waals surface area contributed by atoms with E-state index in [2.05, 4.69) is 46.8 Å². The van der Waals surface area contributed by atoms with Crippen molar-refractivity contribution in [1.29, 1.82) is 0 Å². The van der Waals surface area contributed by atoms with Gasteiger partial charge in [0.05, 0.1) is 11.9 Å². The van der Waals surface area contributed by atoms with Gasteiger partial charge < -0.3 is 0 Å². The first kappa shape index (κ1) is 22.6. The Morgan fingerprint density at radius 3 is 2.65 bits per heavy atom. The number of hydrogen-bond donors (Lipinski definition) is 0. The summed E-state index contributed by atoms with van der Waals surface area (Å²) in [5.41, 5.74) is 2.87. The van der Waals surface area contributed by atoms with E-state index in [9.17, 15) is 4.79 Å². The van der Waals surface area contributed by atoms with Gasteiger partial charge in [-0.3, -0.25) is 9.36 Å². The molecule has 0 aliphatic heterocycles. The van der Waals surface area contributed by atoms with Crippen molar-refractivity contribution in [2.24, 2.45) is 17.3 Å². The second kappa shape index (κ2) is 9.11. The molecule has 1 aliphatic rings. The molecule has 1 atom stereocenters. The Bertz CT molecular complexity index is 1110. The summed E-state index contributed by atoms with van der Waals surface area (Å²) in [7, 11) is 0. The molecule has 0 spiro atoms. The number of aryl methyl sites for hydroxylation is 1. The van der Waals surface area contributed by atoms with Gasteiger partial charge >= 0.3 is 0 Å². The zero-order chi connectivity index (χ0) is 22.2. The van der Waals surface area contributed by atoms with Gasteiger partial charge in [-0.2, -0.15) is 0 Å². The highest BCUT2D eigenvalue weighted by Crippen LogP contribution is 2.42. The number of rotatable bonds is 6. The van der Waals surface area contributed by atoms with E-state index in [1.54, 1.807) is 23.1 Å². The molecule has 0 N–H and O–H groups in total. The first-order valence-electron chi connectivity index (χ1n) is 11.5. The van der Waals surface area contributed by atoms with E-state index in [0.29, 0.717) is 23.8 Å². The van der Waals surface area contributed by atoms with Crippen molar-refractivity contribution in [3.63, 3.8) is 0 Å². The maximum Gasteiger partial charge on any atom is 0.263 e. The smallest absolute Gasteiger partial charge is 0.263 e. The quantitative estimate of drug-likeness (QED) is 0.304. The first-order valence-corrected chi connectivity index (χ1v) is 13.3. The molecule has 1 aromatic carbocycles. The maximum absolute atomic E-state index is 13.8. The maximum atomic E-state index is 13.8. The Hall–Kier alpha value is -1.59. The van der Waals surface area contributed by atoms with Crippen LogP contribution in [0, 0.1) is 17.3 Å². The zero-order valence-electron chi connectivity index (χ0n) is 19.4. The Morgan fingerprint density at radius 2 is 1.97 bits per heavy atom. The van der Waals surface area contributed by atoms with Crippen molar-refractivity contribution < 1.29 is 0 Å². The molecule has 1 aliphatic carbocycles. The van der Waals surface area contributed by atoms with E-state index >= 15 is 0 Å². The van der Waals surface area contributed by atoms with E-state index in [1.165, 1.54) is 10.4 Å². The molecule has 0 radical (unpaired) electrons. The van der Waals surface area contributed by atoms with Crippen molar-refractivity contribution in [2.75, 3.05) is 5.75 Å². The highest BCUT2D eigenvalue weighted by molar-refractivity contribution is 7.99. The fraction of sp³-hybridized carbons (Fsp3) is 0.538. The zero-order valence-corrected chi connectivity index (χ0v) is 21.0. The molecule has 0 amide bonds. The van der Waals surface area contributed by atoms with Gasteiger partial charge in [0.25, 0.3) is 5.56 Å². The van der Waals surface area contributed by atoms with Crippen molar-refractivity contribution >= 4 is 33.3 Å². The van der Waals surface area contributed by atoms with Crippen LogP contribution in [0.4, 0.5) is 0 Å². The summed E-state index contributed by atoms with van der Waals surface area (Å²) in [4.78, 5) is 21.2. The van der Waals surface area contributed by atoms with Crippen molar-refractivity contribution in [1.82, 2.24) is 9.55 Å². The lowest BCUT2D eigenvalue weighted by Crippen LogP contribution is -2.27. The number of benzene rings is 1. The largest absolute Gasteiger partial charge is 0.283 e. The number of nitrogens with zero attached hydrogens (tertiary/aromatic N) is 2. The lowest BCUT2D eigenvalue weighted by molar-refractivity contribution is 0.218. The van der Waals surface area contributed by atoms with Crippen molar-refractivity contribution in [3.05, 3.63) is 56.7 Å². The third-order valence-corrected chi connectivity index (χ3v) is 8.63. The summed E-state index contributed by atoms with van der Waals surface area (Å²) in [6.07, 6.45) is 4.36. The van der Waals surface area contributed by atoms with Crippen LogP contribution in [0.5, 0.6) is 0 Å². The molecule has 0 fully saturated rings. The molecule has 31 heavy (non-hydrogen) atoms. The Kier molecular flexibility index (Phi) is 6.64. The topological polar surface area (TPSA) is 34.9 Å². The lowest BCUT2D eigenvalue weighted by atomic mass is 9.72. The van der Waals surface area contributed by atoms with Crippen LogP contribution < -0.4 is 5.56 Å². The minimum atomic E-state index is 0.146. The Morgan fingerprint density at radius 1 is 1.23 bits per heavy atom. The first-order chi connectivity index (χ1) is 14.7. The summed E-state index contributed by atoms with van der Waals surface area (Å²) in [5, 5.41) is 1.75. The second-order valence-electron chi connectivity index (χ2n) is 10.3. The standard InChI is InChI=1S/C26H34N2OS2/c1-17(2)13-14-30-25-27-23-22(24(29)28(25)16-18-9-7-6-8-10-18)20-12-11-19(26(3,4)5)15-21(20)31-23/h6-10,17,19H,11-16H2,1-5H3/t19-/m1/s1. The summed E-state index contributed by atoms with van der Waals surface area (Å²) in [6.45, 7) is 12.1. The van der Waals surface area contributed by atoms with Gasteiger partial charge in [-0.1, -0.05) is 76.7 Å². The van der Waals surface area contributed by atoms with Crippen LogP contribution in [-0.4, -0.2) is 15.3 Å². The molecule has 2 heterocycles. The summed E-state index contributed by atoms with van der Waals surface area (Å²) < 4.78 is 1.92. The average Bonchev–Trinajstić information content (AvgIpc) is 3.08. The fourth-order valence-electron chi connectivity index (χ4n) is 4.38. The third-order valence-electron chi connectivity index (χ3n) is 6.47. The number of thiophene rings is 1. The van der Waals surface area contributed by atoms with Gasteiger partial charge in [0.2, 0.25) is 0 Å². The van der Waals surface area contributed by atoms with E-state index in [-0.39, 0.29) is 5.56 Å². The molecule has 3 aromatic rings. The summed E-state index contributed by atoms with van der Waals surface area (Å²) >= 11 is 3.50. The van der Waals surface area contributed by atoms with Crippen molar-refractivity contribution in [2.45, 2.75) is 72.0 Å². The third kappa shape index (κ3) is 4.93. The summed E-state index contributed by atoms with van der Waals surface area (Å²) in [5.74, 6) is 2.30. The molecule has 2 aromatic heterocycles. The predicted octanol–water partition coefficient (Wildman–Crippen LogP) is 6.80. The fourth-order valence-corrected chi connectivity index (χ4v) is 6.96. The van der Waals surface area contributed by atoms with Gasteiger partial charge in [0.15, 0.2) is 5.16 Å². The molecule has 5 heteroatoms. The van der Waals surface area contributed by atoms with Crippen LogP contribution in [0.25, 0.3) is 10.2 Å². The van der Waals surface area contributed by atoms with Crippen LogP contribution in [0.3, 0.4) is 0 Å². The van der Waals surface area contributed by atoms with Gasteiger partial charge in [-0.15, -0.1) is 11.3 Å². The van der Waals surface area contributed by atoms with Crippen LogP contribution >= 0.6 is 23.1 Å². The molecule has 0 unspecified atom stereocenters. The predicted molar refractivity (Wildman–Crippen MR) is 135 cm³/mol. The molecular weight excluding hydrogens is 420 g/mol. The molecule has 0 bridgehead atoms. The Balaban J connectivity index is 1.77. The average molecular weight is 455 g/mol. The van der Waals surface area contributed by atoms with Crippen LogP contribution in [-0.2, 0) is 19.4 Å². The number of thioether (sulfide) groups is 1.